The largest absolute Gasteiger partial charge is 0.0622 e. The van der Waals surface area contributed by atoms with E-state index in [0.717, 1.165) is 9.39 Å². The second-order valence-corrected chi connectivity index (χ2v) is 52.6. The van der Waals surface area contributed by atoms with E-state index in [9.17, 15) is 0 Å². The van der Waals surface area contributed by atoms with E-state index in [1.807, 2.05) is 54.6 Å². The number of hydrogen-bond acceptors (Lipinski definition) is 2. The van der Waals surface area contributed by atoms with E-state index in [4.69, 9.17) is 0 Å². The van der Waals surface area contributed by atoms with E-state index < -0.39 is 71.2 Å². The Labute approximate surface area is 684 Å². The van der Waals surface area contributed by atoms with Gasteiger partial charge in [-0.2, -0.15) is 10.2 Å². The van der Waals surface area contributed by atoms with Gasteiger partial charge >= 0.3 is 69.2 Å². The Kier molecular flexibility index (Phi) is 38.0. The van der Waals surface area contributed by atoms with Crippen LogP contribution in [0.3, 0.4) is 0 Å². The van der Waals surface area contributed by atoms with Crippen molar-refractivity contribution in [2.45, 2.75) is 36.6 Å². The van der Waals surface area contributed by atoms with Gasteiger partial charge in [0, 0.05) is 45.3 Å². The Hall–Kier alpha value is -7.27. The topological polar surface area (TPSA) is 35.6 Å². The first-order valence-electron chi connectivity index (χ1n) is 35.6. The molecule has 0 spiro atoms. The SMILES string of the molecule is Cc1nn(C)c2ccccc12.Cn1nc(I)c2ccccc21.[CH3][Sn]([CH3])[CH3].[CH3][Sn]([CH3])[CH3].[Pd].c1ccc(P(c2ccccc2)c2ccccc2)cc1.c1ccc(P(c2ccccc2)c2ccccc2)cc1.c1ccc(P(c2ccccc2)c2ccccc2)cc1.c1ccc(P(c2ccccc2)c2ccccc2)cc1. The van der Waals surface area contributed by atoms with Crippen LogP contribution in [0.1, 0.15) is 5.69 Å². The van der Waals surface area contributed by atoms with Crippen LogP contribution in [0.25, 0.3) is 21.8 Å². The van der Waals surface area contributed by atoms with Crippen molar-refractivity contribution in [3.8, 4) is 0 Å². The predicted molar refractivity (Wildman–Crippen MR) is 486 cm³/mol. The van der Waals surface area contributed by atoms with Gasteiger partial charge < -0.3 is 0 Å². The molecule has 2 aromatic heterocycles. The molecule has 0 aliphatic heterocycles. The monoisotopic (exact) mass is 1890 g/mol. The summed E-state index contributed by atoms with van der Waals surface area (Å²) in [7, 11) is 2.15. The molecule has 4 nitrogen and oxygen atoms in total. The zero-order chi connectivity index (χ0) is 74.5. The summed E-state index contributed by atoms with van der Waals surface area (Å²) in [6.07, 6.45) is 0. The summed E-state index contributed by atoms with van der Waals surface area (Å²) in [5.41, 5.74) is 3.49. The van der Waals surface area contributed by atoms with Crippen LogP contribution in [0.4, 0.5) is 0 Å². The van der Waals surface area contributed by atoms with Gasteiger partial charge in [0.05, 0.1) is 16.7 Å². The van der Waals surface area contributed by atoms with Gasteiger partial charge in [-0.1, -0.05) is 400 Å². The molecule has 12 heteroatoms. The average Bonchev–Trinajstić information content (AvgIpc) is 1.48. The van der Waals surface area contributed by atoms with Gasteiger partial charge in [0.25, 0.3) is 0 Å². The van der Waals surface area contributed by atoms with Gasteiger partial charge in [0.1, 0.15) is 3.70 Å². The normalized spacial score (nSPS) is 10.4. The maximum absolute atomic E-state index is 4.31. The Morgan fingerprint density at radius 3 is 0.533 bits per heavy atom. The molecule has 2 radical (unpaired) electrons. The van der Waals surface area contributed by atoms with Crippen molar-refractivity contribution in [2.75, 3.05) is 0 Å². The Morgan fingerprint density at radius 1 is 0.224 bits per heavy atom. The summed E-state index contributed by atoms with van der Waals surface area (Å²) in [6.45, 7) is 2.03. The molecule has 0 aliphatic rings. The number of aryl methyl sites for hydroxylation is 3. The van der Waals surface area contributed by atoms with Gasteiger partial charge in [0.15, 0.2) is 0 Å². The number of aromatic nitrogens is 4. The van der Waals surface area contributed by atoms with Gasteiger partial charge in [-0.15, -0.1) is 0 Å². The molecule has 16 aromatic rings. The van der Waals surface area contributed by atoms with Crippen LogP contribution in [-0.4, -0.2) is 59.1 Å². The number of rotatable bonds is 12. The third-order valence-corrected chi connectivity index (χ3v) is 26.4. The number of benzene rings is 14. The molecule has 0 fully saturated rings. The third-order valence-electron chi connectivity index (χ3n) is 15.8. The van der Waals surface area contributed by atoms with Crippen LogP contribution >= 0.6 is 54.3 Å². The summed E-state index contributed by atoms with van der Waals surface area (Å²) >= 11 is 1.16. The molecule has 0 aliphatic carbocycles. The van der Waals surface area contributed by atoms with Gasteiger partial charge in [-0.05, 0) is 137 Å². The smallest absolute Gasteiger partial charge is 0 e. The number of fused-ring (bicyclic) bond motifs is 2. The van der Waals surface area contributed by atoms with Crippen molar-refractivity contribution in [3.05, 3.63) is 422 Å². The fourth-order valence-electron chi connectivity index (χ4n) is 11.3. The molecule has 0 atom stereocenters. The molecule has 14 aromatic carbocycles. The molecule has 107 heavy (non-hydrogen) atoms. The minimum absolute atomic E-state index is 0. The molecule has 0 bridgehead atoms. The van der Waals surface area contributed by atoms with Crippen LogP contribution in [0.2, 0.25) is 29.6 Å². The van der Waals surface area contributed by atoms with Crippen molar-refractivity contribution in [3.63, 3.8) is 0 Å². The van der Waals surface area contributed by atoms with Gasteiger partial charge in [-0.3, -0.25) is 9.36 Å². The van der Waals surface area contributed by atoms with E-state index in [-0.39, 0.29) is 20.4 Å². The first kappa shape index (κ1) is 85.3. The van der Waals surface area contributed by atoms with E-state index in [1.165, 1.54) is 85.5 Å². The van der Waals surface area contributed by atoms with E-state index >= 15 is 0 Å². The Balaban J connectivity index is 0.000000160. The van der Waals surface area contributed by atoms with Crippen molar-refractivity contribution in [2.24, 2.45) is 14.1 Å². The Bertz CT molecular complexity index is 4000. The molecule has 0 saturated carbocycles. The van der Waals surface area contributed by atoms with Crippen molar-refractivity contribution < 1.29 is 20.4 Å². The maximum Gasteiger partial charge on any atom is 0 e. The first-order valence-corrected chi connectivity index (χ1v) is 59.2. The summed E-state index contributed by atoms with van der Waals surface area (Å²) < 4.78 is 4.88. The number of halogens is 1. The molecule has 0 unspecified atom stereocenters. The van der Waals surface area contributed by atoms with E-state index in [0.29, 0.717) is 0 Å². The van der Waals surface area contributed by atoms with Crippen LogP contribution in [-0.2, 0) is 34.5 Å². The van der Waals surface area contributed by atoms with E-state index in [2.05, 4.69) is 451 Å². The van der Waals surface area contributed by atoms with Crippen LogP contribution in [0, 0.1) is 10.6 Å². The minimum atomic E-state index is -0.543. The van der Waals surface area contributed by atoms with Gasteiger partial charge in [0.2, 0.25) is 0 Å². The average molecular weight is 1890 g/mol. The molecule has 16 rings (SSSR count). The maximum atomic E-state index is 4.31. The second-order valence-electron chi connectivity index (χ2n) is 25.5. The number of para-hydroxylation sites is 2. The third kappa shape index (κ3) is 27.7. The van der Waals surface area contributed by atoms with Crippen LogP contribution < -0.4 is 63.7 Å². The second kappa shape index (κ2) is 47.6. The fourth-order valence-corrected chi connectivity index (χ4v) is 21.3. The fraction of sp³-hybridized carbons (Fsp3) is 0.0947. The zero-order valence-electron chi connectivity index (χ0n) is 62.5. The number of hydrogen-bond donors (Lipinski definition) is 0. The molecule has 2 heterocycles. The van der Waals surface area contributed by atoms with Crippen LogP contribution in [0.5, 0.6) is 0 Å². The molecule has 0 N–H and O–H groups in total. The summed E-state index contributed by atoms with van der Waals surface area (Å²) in [4.78, 5) is 14.2. The first-order chi connectivity index (χ1) is 51.8. The Morgan fingerprint density at radius 2 is 0.364 bits per heavy atom. The molecule has 540 valence electrons. The summed E-state index contributed by atoms with van der Waals surface area (Å²) in [5.74, 6) is 0. The number of nitrogens with zero attached hydrogens (tertiary/aromatic N) is 4. The predicted octanol–water partition coefficient (Wildman–Crippen LogP) is 20.6. The van der Waals surface area contributed by atoms with Crippen molar-refractivity contribution in [1.82, 2.24) is 19.6 Å². The standard InChI is InChI=1S/4C18H15P.C9H10N2.C8H7IN2.6CH3.Pd.2Sn/c4*1-4-10-16(11-5-1)19(17-12-6-2-7-13-17)18-14-8-3-9-15-18;1-7-8-5-3-4-6-9(8)11(2)10-7;1-11-7-5-3-2-4-6(7)8(9)10-11;;;;;;;;;/h4*1-15H;3-6H,1-2H3;2-5H,1H3;6*1H3;;;. The van der Waals surface area contributed by atoms with E-state index in [1.54, 1.807) is 0 Å². The summed E-state index contributed by atoms with van der Waals surface area (Å²) in [5, 5.41) is 27.9. The summed E-state index contributed by atoms with van der Waals surface area (Å²) in [6, 6.07) is 146. The van der Waals surface area contributed by atoms with Crippen molar-refractivity contribution >= 4 is 179 Å². The van der Waals surface area contributed by atoms with Crippen molar-refractivity contribution in [1.29, 1.82) is 0 Å². The molecular weight excluding hydrogens is 1790 g/mol. The molecular formula is C95H95IN4P4PdSn2. The zero-order valence-corrected chi connectivity index (χ0v) is 75.5. The van der Waals surface area contributed by atoms with Gasteiger partial charge in [-0.25, -0.2) is 0 Å². The minimum Gasteiger partial charge on any atom is -0.0622 e. The quantitative estimate of drug-likeness (QED) is 0.0694. The molecule has 0 amide bonds. The van der Waals surface area contributed by atoms with Crippen LogP contribution in [0.15, 0.2) is 413 Å². The molecule has 0 saturated heterocycles.